The Kier molecular flexibility index (Phi) is 12.2. The maximum absolute atomic E-state index is 14.5. The van der Waals surface area contributed by atoms with Crippen LogP contribution in [0.3, 0.4) is 0 Å². The first-order chi connectivity index (χ1) is 23.0. The molecule has 49 heavy (non-hydrogen) atoms. The van der Waals surface area contributed by atoms with Crippen molar-refractivity contribution in [1.29, 1.82) is 0 Å². The number of carbonyl (C=O) groups excluding carboxylic acids is 3. The maximum Gasteiger partial charge on any atom is 0.308 e. The second-order valence-electron chi connectivity index (χ2n) is 14.6. The number of ketones is 1. The van der Waals surface area contributed by atoms with Crippen LogP contribution >= 0.6 is 0 Å². The fraction of sp³-hybridized carbons (Fsp3) is 0.462. The molecule has 264 valence electrons. The molecule has 0 radical (unpaired) electrons. The van der Waals surface area contributed by atoms with Gasteiger partial charge in [-0.1, -0.05) is 45.0 Å². The zero-order valence-corrected chi connectivity index (χ0v) is 31.1. The second kappa shape index (κ2) is 15.8. The number of rotatable bonds is 12. The third-order valence-corrected chi connectivity index (χ3v) is 14.2. The van der Waals surface area contributed by atoms with E-state index in [1.165, 1.54) is 37.5 Å². The largest absolute Gasteiger partial charge is 0.469 e. The molecule has 0 spiro atoms. The Morgan fingerprint density at radius 1 is 0.857 bits per heavy atom. The normalized spacial score (nSPS) is 14.8. The van der Waals surface area contributed by atoms with E-state index in [0.717, 1.165) is 19.3 Å². The van der Waals surface area contributed by atoms with Crippen molar-refractivity contribution in [1.82, 2.24) is 9.47 Å². The van der Waals surface area contributed by atoms with E-state index in [2.05, 4.69) is 33.9 Å². The molecule has 1 aromatic heterocycles. The molecule has 0 saturated carbocycles. The SMILES string of the molecule is COC(=O)C[C@@H](CC(=O)C=Cc1c(-c2ccc(F)cc2)c(-c2ccc(F)cc2)c(C(=O)N2CCCCC2)n1C(C)C)O[Si](C)(C)C(C)(C)C. The van der Waals surface area contributed by atoms with Crippen LogP contribution in [-0.4, -0.2) is 61.7 Å². The zero-order chi connectivity index (χ0) is 36.1. The third-order valence-electron chi connectivity index (χ3n) is 9.62. The monoisotopic (exact) mass is 692 g/mol. The highest BCUT2D eigenvalue weighted by molar-refractivity contribution is 6.74. The Morgan fingerprint density at radius 3 is 1.88 bits per heavy atom. The van der Waals surface area contributed by atoms with Gasteiger partial charge in [0.05, 0.1) is 25.3 Å². The minimum absolute atomic E-state index is 0.0449. The lowest BCUT2D eigenvalue weighted by Crippen LogP contribution is -2.44. The maximum atomic E-state index is 14.5. The number of likely N-dealkylation sites (tertiary alicyclic amines) is 1. The predicted molar refractivity (Wildman–Crippen MR) is 193 cm³/mol. The fourth-order valence-corrected chi connectivity index (χ4v) is 7.41. The lowest BCUT2D eigenvalue weighted by molar-refractivity contribution is -0.142. The van der Waals surface area contributed by atoms with Gasteiger partial charge in [-0.3, -0.25) is 14.4 Å². The number of ether oxygens (including phenoxy) is 1. The zero-order valence-electron chi connectivity index (χ0n) is 30.1. The summed E-state index contributed by atoms with van der Waals surface area (Å²) in [6, 6.07) is 11.8. The van der Waals surface area contributed by atoms with Gasteiger partial charge < -0.3 is 18.6 Å². The molecule has 2 aromatic carbocycles. The van der Waals surface area contributed by atoms with Crippen molar-refractivity contribution in [2.75, 3.05) is 20.2 Å². The number of amides is 1. The summed E-state index contributed by atoms with van der Waals surface area (Å²) in [5, 5.41) is -0.142. The van der Waals surface area contributed by atoms with Gasteiger partial charge in [0.15, 0.2) is 14.1 Å². The Labute approximate surface area is 290 Å². The number of aromatic nitrogens is 1. The van der Waals surface area contributed by atoms with Gasteiger partial charge in [0.1, 0.15) is 17.3 Å². The van der Waals surface area contributed by atoms with Gasteiger partial charge in [0.2, 0.25) is 0 Å². The van der Waals surface area contributed by atoms with Crippen LogP contribution in [0.5, 0.6) is 0 Å². The first-order valence-corrected chi connectivity index (χ1v) is 20.0. The molecular weight excluding hydrogens is 643 g/mol. The van der Waals surface area contributed by atoms with Gasteiger partial charge in [0.25, 0.3) is 5.91 Å². The van der Waals surface area contributed by atoms with Crippen molar-refractivity contribution >= 4 is 32.1 Å². The van der Waals surface area contributed by atoms with Gasteiger partial charge in [-0.25, -0.2) is 8.78 Å². The standard InChI is InChI=1S/C39H50F2N2O5Si/c1-26(2)43-33(21-20-31(44)24-32(25-34(45)47-6)48-49(7,8)39(3,4)5)35(27-12-16-29(40)17-13-27)36(28-14-18-30(41)19-15-28)37(43)38(46)42-22-10-9-11-23-42/h12-21,26,32H,9-11,22-25H2,1-8H3/t32-/m1/s1. The summed E-state index contributed by atoms with van der Waals surface area (Å²) >= 11 is 0. The number of esters is 1. The number of nitrogens with zero attached hydrogens (tertiary/aromatic N) is 2. The van der Waals surface area contributed by atoms with E-state index in [9.17, 15) is 23.2 Å². The molecule has 0 N–H and O–H groups in total. The summed E-state index contributed by atoms with van der Waals surface area (Å²) in [4.78, 5) is 42.4. The van der Waals surface area contributed by atoms with Crippen LogP contribution in [0.1, 0.15) is 88.9 Å². The summed E-state index contributed by atoms with van der Waals surface area (Å²) in [5.74, 6) is -1.70. The fourth-order valence-electron chi connectivity index (χ4n) is 6.05. The number of carbonyl (C=O) groups is 3. The lowest BCUT2D eigenvalue weighted by atomic mass is 9.94. The molecule has 3 aromatic rings. The van der Waals surface area contributed by atoms with Crippen molar-refractivity contribution in [3.63, 3.8) is 0 Å². The topological polar surface area (TPSA) is 77.8 Å². The van der Waals surface area contributed by atoms with E-state index < -0.39 is 32.0 Å². The van der Waals surface area contributed by atoms with Gasteiger partial charge >= 0.3 is 5.97 Å². The number of halogens is 2. The van der Waals surface area contributed by atoms with E-state index in [1.54, 1.807) is 30.3 Å². The highest BCUT2D eigenvalue weighted by Crippen LogP contribution is 2.43. The molecule has 0 unspecified atom stereocenters. The van der Waals surface area contributed by atoms with Crippen LogP contribution in [0.15, 0.2) is 54.6 Å². The molecule has 0 bridgehead atoms. The molecule has 4 rings (SSSR count). The molecular formula is C39H50F2N2O5Si. The van der Waals surface area contributed by atoms with E-state index in [4.69, 9.17) is 9.16 Å². The molecule has 1 aliphatic heterocycles. The van der Waals surface area contributed by atoms with Crippen LogP contribution in [0.25, 0.3) is 28.3 Å². The minimum Gasteiger partial charge on any atom is -0.469 e. The van der Waals surface area contributed by atoms with Crippen LogP contribution in [0.4, 0.5) is 8.78 Å². The molecule has 1 atom stereocenters. The van der Waals surface area contributed by atoms with E-state index in [1.807, 2.05) is 23.3 Å². The van der Waals surface area contributed by atoms with Crippen molar-refractivity contribution in [3.8, 4) is 22.3 Å². The number of piperidine rings is 1. The summed E-state index contributed by atoms with van der Waals surface area (Å²) < 4.78 is 41.8. The average molecular weight is 693 g/mol. The average Bonchev–Trinajstić information content (AvgIpc) is 3.39. The van der Waals surface area contributed by atoms with Crippen LogP contribution in [-0.2, 0) is 18.8 Å². The number of hydrogen-bond donors (Lipinski definition) is 0. The Morgan fingerprint density at radius 2 is 1.39 bits per heavy atom. The first kappa shape index (κ1) is 37.9. The van der Waals surface area contributed by atoms with Crippen LogP contribution in [0.2, 0.25) is 18.1 Å². The van der Waals surface area contributed by atoms with Crippen molar-refractivity contribution in [2.45, 2.75) is 97.0 Å². The highest BCUT2D eigenvalue weighted by Gasteiger charge is 2.40. The number of methoxy groups -OCH3 is 1. The molecule has 2 heterocycles. The molecule has 7 nitrogen and oxygen atoms in total. The van der Waals surface area contributed by atoms with E-state index in [0.29, 0.717) is 46.7 Å². The quantitative estimate of drug-likeness (QED) is 0.107. The number of hydrogen-bond acceptors (Lipinski definition) is 5. The lowest BCUT2D eigenvalue weighted by Gasteiger charge is -2.39. The summed E-state index contributed by atoms with van der Waals surface area (Å²) in [5.41, 5.74) is 3.51. The predicted octanol–water partition coefficient (Wildman–Crippen LogP) is 9.23. The van der Waals surface area contributed by atoms with E-state index in [-0.39, 0.29) is 35.6 Å². The molecule has 1 aliphatic rings. The Balaban J connectivity index is 1.90. The Bertz CT molecular complexity index is 1660. The molecule has 1 fully saturated rings. The smallest absolute Gasteiger partial charge is 0.308 e. The molecule has 10 heteroatoms. The number of allylic oxidation sites excluding steroid dienone is 1. The van der Waals surface area contributed by atoms with Crippen molar-refractivity contribution in [3.05, 3.63) is 77.6 Å². The molecule has 1 amide bonds. The van der Waals surface area contributed by atoms with Gasteiger partial charge in [-0.2, -0.15) is 0 Å². The van der Waals surface area contributed by atoms with Gasteiger partial charge in [-0.15, -0.1) is 0 Å². The highest BCUT2D eigenvalue weighted by atomic mass is 28.4. The summed E-state index contributed by atoms with van der Waals surface area (Å²) in [6.45, 7) is 15.6. The Hall–Kier alpha value is -3.89. The third kappa shape index (κ3) is 9.02. The molecule has 0 aliphatic carbocycles. The first-order valence-electron chi connectivity index (χ1n) is 17.1. The van der Waals surface area contributed by atoms with Gasteiger partial charge in [-0.05, 0) is 98.8 Å². The molecule has 1 saturated heterocycles. The number of benzene rings is 2. The van der Waals surface area contributed by atoms with Crippen molar-refractivity contribution in [2.24, 2.45) is 0 Å². The summed E-state index contributed by atoms with van der Waals surface area (Å²) in [6.07, 6.45) is 5.22. The summed E-state index contributed by atoms with van der Waals surface area (Å²) in [7, 11) is -1.03. The minimum atomic E-state index is -2.35. The van der Waals surface area contributed by atoms with E-state index >= 15 is 0 Å². The van der Waals surface area contributed by atoms with Gasteiger partial charge in [0, 0.05) is 36.7 Å². The van der Waals surface area contributed by atoms with Crippen molar-refractivity contribution < 1.29 is 32.3 Å². The second-order valence-corrected chi connectivity index (χ2v) is 19.4. The van der Waals surface area contributed by atoms with Crippen LogP contribution in [0, 0.1) is 11.6 Å². The van der Waals surface area contributed by atoms with Crippen LogP contribution < -0.4 is 0 Å².